The summed E-state index contributed by atoms with van der Waals surface area (Å²) in [6, 6.07) is 9.40. The van der Waals surface area contributed by atoms with E-state index in [9.17, 15) is 9.59 Å². The molecule has 0 atom stereocenters. The molecule has 0 aliphatic heterocycles. The Hall–Kier alpha value is -1.88. The molecule has 106 valence electrons. The van der Waals surface area contributed by atoms with Crippen molar-refractivity contribution in [1.29, 1.82) is 0 Å². The highest BCUT2D eigenvalue weighted by Crippen LogP contribution is 2.04. The molecule has 0 aromatic heterocycles. The zero-order chi connectivity index (χ0) is 14.8. The van der Waals surface area contributed by atoms with Crippen LogP contribution in [0.4, 0.5) is 0 Å². The summed E-state index contributed by atoms with van der Waals surface area (Å²) in [5.74, 6) is -0.575. The van der Waals surface area contributed by atoms with Gasteiger partial charge in [-0.2, -0.15) is 0 Å². The zero-order valence-electron chi connectivity index (χ0n) is 11.1. The lowest BCUT2D eigenvalue weighted by Crippen LogP contribution is -2.26. The summed E-state index contributed by atoms with van der Waals surface area (Å²) in [6.07, 6.45) is 3.61. The highest BCUT2D eigenvalue weighted by molar-refractivity contribution is 9.11. The molecule has 0 aliphatic carbocycles. The summed E-state index contributed by atoms with van der Waals surface area (Å²) in [4.78, 5) is 24.8. The van der Waals surface area contributed by atoms with Crippen molar-refractivity contribution in [3.8, 4) is 0 Å². The summed E-state index contributed by atoms with van der Waals surface area (Å²) in [5, 5.41) is 2.71. The molecule has 0 heterocycles. The lowest BCUT2D eigenvalue weighted by atomic mass is 10.1. The molecule has 0 bridgehead atoms. The van der Waals surface area contributed by atoms with Crippen molar-refractivity contribution in [2.24, 2.45) is 0 Å². The third-order valence-electron chi connectivity index (χ3n) is 2.44. The molecule has 0 unspecified atom stereocenters. The van der Waals surface area contributed by atoms with Crippen LogP contribution in [-0.2, 0) is 20.7 Å². The van der Waals surface area contributed by atoms with Crippen LogP contribution in [0.5, 0.6) is 0 Å². The Morgan fingerprint density at radius 1 is 1.30 bits per heavy atom. The Kier molecular flexibility index (Phi) is 7.35. The largest absolute Gasteiger partial charge is 0.469 e. The molecule has 0 saturated heterocycles. The normalized spacial score (nSPS) is 11.4. The van der Waals surface area contributed by atoms with Crippen LogP contribution in [0.3, 0.4) is 0 Å². The van der Waals surface area contributed by atoms with Gasteiger partial charge in [-0.05, 0) is 16.6 Å². The first-order valence-corrected chi connectivity index (χ1v) is 6.93. The van der Waals surface area contributed by atoms with E-state index in [2.05, 4.69) is 26.0 Å². The van der Waals surface area contributed by atoms with Crippen LogP contribution in [0.25, 0.3) is 0 Å². The predicted octanol–water partition coefficient (Wildman–Crippen LogP) is 2.70. The van der Waals surface area contributed by atoms with E-state index in [-0.39, 0.29) is 18.7 Å². The van der Waals surface area contributed by atoms with E-state index in [1.807, 2.05) is 30.3 Å². The van der Waals surface area contributed by atoms with Gasteiger partial charge in [0.2, 0.25) is 5.91 Å². The zero-order valence-corrected chi connectivity index (χ0v) is 12.7. The van der Waals surface area contributed by atoms with Crippen LogP contribution in [0, 0.1) is 0 Å². The Labute approximate surface area is 126 Å². The first-order chi connectivity index (χ1) is 9.65. The van der Waals surface area contributed by atoms with Crippen molar-refractivity contribution in [3.63, 3.8) is 0 Å². The molecule has 0 radical (unpaired) electrons. The second-order valence-corrected chi connectivity index (χ2v) is 4.50. The summed E-state index contributed by atoms with van der Waals surface area (Å²) >= 11 is 3.13. The fraction of sp³-hybridized carbons (Fsp3) is 0.200. The van der Waals surface area contributed by atoms with Crippen molar-refractivity contribution < 1.29 is 14.3 Å². The van der Waals surface area contributed by atoms with Gasteiger partial charge in [0.15, 0.2) is 0 Å². The number of hydrogen-bond acceptors (Lipinski definition) is 3. The number of rotatable bonds is 6. The minimum Gasteiger partial charge on any atom is -0.469 e. The maximum absolute atomic E-state index is 11.9. The van der Waals surface area contributed by atoms with Gasteiger partial charge in [0.05, 0.1) is 20.0 Å². The number of esters is 1. The number of nitrogens with one attached hydrogen (secondary N) is 1. The number of amides is 1. The summed E-state index contributed by atoms with van der Waals surface area (Å²) in [6.45, 7) is 0. The quantitative estimate of drug-likeness (QED) is 0.641. The third-order valence-corrected chi connectivity index (χ3v) is 2.75. The van der Waals surface area contributed by atoms with Crippen molar-refractivity contribution in [1.82, 2.24) is 5.32 Å². The van der Waals surface area contributed by atoms with Gasteiger partial charge in [-0.15, -0.1) is 0 Å². The molecule has 0 fully saturated rings. The van der Waals surface area contributed by atoms with Gasteiger partial charge in [-0.3, -0.25) is 9.59 Å². The first-order valence-electron chi connectivity index (χ1n) is 6.02. The smallest absolute Gasteiger partial charge is 0.311 e. The van der Waals surface area contributed by atoms with Gasteiger partial charge in [0, 0.05) is 5.70 Å². The number of halogens is 1. The maximum Gasteiger partial charge on any atom is 0.311 e. The SMILES string of the molecule is COC(=O)C/C(=C\C=C\Br)NC(=O)Cc1ccccc1. The average molecular weight is 338 g/mol. The van der Waals surface area contributed by atoms with Gasteiger partial charge in [-0.25, -0.2) is 0 Å². The second-order valence-electron chi connectivity index (χ2n) is 3.97. The molecule has 4 nitrogen and oxygen atoms in total. The van der Waals surface area contributed by atoms with E-state index in [0.717, 1.165) is 5.56 Å². The molecule has 1 aromatic carbocycles. The van der Waals surface area contributed by atoms with Crippen molar-refractivity contribution in [3.05, 3.63) is 58.7 Å². The standard InChI is InChI=1S/C15H16BrNO3/c1-20-15(19)11-13(8-5-9-16)17-14(18)10-12-6-3-2-4-7-12/h2-9H,10-11H2,1H3,(H,17,18)/b9-5+,13-8+. The summed E-state index contributed by atoms with van der Waals surface area (Å²) < 4.78 is 4.59. The molecule has 1 amide bonds. The molecular weight excluding hydrogens is 322 g/mol. The molecule has 0 saturated carbocycles. The van der Waals surface area contributed by atoms with Crippen LogP contribution in [0.15, 0.2) is 53.2 Å². The molecule has 1 rings (SSSR count). The van der Waals surface area contributed by atoms with Crippen LogP contribution < -0.4 is 5.32 Å². The van der Waals surface area contributed by atoms with E-state index in [4.69, 9.17) is 0 Å². The van der Waals surface area contributed by atoms with Gasteiger partial charge in [-0.1, -0.05) is 52.3 Å². The van der Waals surface area contributed by atoms with E-state index in [1.165, 1.54) is 7.11 Å². The summed E-state index contributed by atoms with van der Waals surface area (Å²) in [5.41, 5.74) is 1.41. The predicted molar refractivity (Wildman–Crippen MR) is 81.1 cm³/mol. The van der Waals surface area contributed by atoms with Gasteiger partial charge in [0.25, 0.3) is 0 Å². The molecule has 5 heteroatoms. The van der Waals surface area contributed by atoms with E-state index in [0.29, 0.717) is 5.70 Å². The Morgan fingerprint density at radius 3 is 2.60 bits per heavy atom. The fourth-order valence-corrected chi connectivity index (χ4v) is 1.68. The Morgan fingerprint density at radius 2 is 2.00 bits per heavy atom. The molecule has 0 spiro atoms. The minimum absolute atomic E-state index is 0.0222. The molecule has 1 N–H and O–H groups in total. The van der Waals surface area contributed by atoms with Crippen LogP contribution >= 0.6 is 15.9 Å². The molecule has 1 aromatic rings. The number of carbonyl (C=O) groups excluding carboxylic acids is 2. The number of benzene rings is 1. The highest BCUT2D eigenvalue weighted by atomic mass is 79.9. The average Bonchev–Trinajstić information content (AvgIpc) is 2.45. The second kappa shape index (κ2) is 9.09. The number of hydrogen-bond donors (Lipinski definition) is 1. The molecular formula is C15H16BrNO3. The van der Waals surface area contributed by atoms with Crippen molar-refractivity contribution in [2.75, 3.05) is 7.11 Å². The monoisotopic (exact) mass is 337 g/mol. The number of allylic oxidation sites excluding steroid dienone is 2. The van der Waals surface area contributed by atoms with Gasteiger partial charge in [0.1, 0.15) is 0 Å². The van der Waals surface area contributed by atoms with Crippen molar-refractivity contribution >= 4 is 27.8 Å². The van der Waals surface area contributed by atoms with E-state index < -0.39 is 5.97 Å². The topological polar surface area (TPSA) is 55.4 Å². The third kappa shape index (κ3) is 6.33. The van der Waals surface area contributed by atoms with Crippen LogP contribution in [0.1, 0.15) is 12.0 Å². The van der Waals surface area contributed by atoms with Crippen LogP contribution in [0.2, 0.25) is 0 Å². The number of methoxy groups -OCH3 is 1. The molecule has 0 aliphatic rings. The number of ether oxygens (including phenoxy) is 1. The van der Waals surface area contributed by atoms with Crippen LogP contribution in [-0.4, -0.2) is 19.0 Å². The lowest BCUT2D eigenvalue weighted by Gasteiger charge is -2.08. The van der Waals surface area contributed by atoms with Gasteiger partial charge < -0.3 is 10.1 Å². The van der Waals surface area contributed by atoms with Crippen molar-refractivity contribution in [2.45, 2.75) is 12.8 Å². The highest BCUT2D eigenvalue weighted by Gasteiger charge is 2.09. The van der Waals surface area contributed by atoms with Gasteiger partial charge >= 0.3 is 5.97 Å². The summed E-state index contributed by atoms with van der Waals surface area (Å²) in [7, 11) is 1.31. The molecule has 20 heavy (non-hydrogen) atoms. The minimum atomic E-state index is -0.403. The first kappa shape index (κ1) is 16.2. The lowest BCUT2D eigenvalue weighted by molar-refractivity contribution is -0.139. The number of carbonyl (C=O) groups is 2. The Bertz CT molecular complexity index is 509. The Balaban J connectivity index is 2.64. The maximum atomic E-state index is 11.9. The van der Waals surface area contributed by atoms with E-state index in [1.54, 1.807) is 17.1 Å². The fourth-order valence-electron chi connectivity index (χ4n) is 1.53. The van der Waals surface area contributed by atoms with E-state index >= 15 is 0 Å².